The van der Waals surface area contributed by atoms with Crippen LogP contribution in [0.2, 0.25) is 5.02 Å². The number of hydrogen-bond donors (Lipinski definition) is 0. The number of nitro groups is 1. The summed E-state index contributed by atoms with van der Waals surface area (Å²) >= 11 is 6.59. The number of rotatable bonds is 37. The number of esters is 2. The standard InChI is InChI=1S/C65H82ClNO8/c1-4-6-8-10-12-14-16-17-18-19-21-22-24-26-47-72-62-45-39-54(49-58(62)66)33-31-52-35-41-56(42-36-52)64(68)74-60-29-28-30-61(51(60)3)75-65(69)57-43-37-53(38-44-57)32-34-55-40-46-63(59(50-55)67(70)71)73-48-27-25-23-20-15-13-11-9-7-5-2/h28-46,49-50H,4-27,47-48H2,1-3H3/b33-31+,34-32+. The fourth-order valence-electron chi connectivity index (χ4n) is 8.87. The van der Waals surface area contributed by atoms with Gasteiger partial charge in [-0.3, -0.25) is 10.1 Å². The minimum Gasteiger partial charge on any atom is -0.492 e. The minimum absolute atomic E-state index is 0.0745. The highest BCUT2D eigenvalue weighted by molar-refractivity contribution is 6.32. The van der Waals surface area contributed by atoms with Crippen LogP contribution in [0.4, 0.5) is 5.69 Å². The van der Waals surface area contributed by atoms with E-state index in [0.29, 0.717) is 46.2 Å². The summed E-state index contributed by atoms with van der Waals surface area (Å²) in [5.41, 5.74) is 4.37. The van der Waals surface area contributed by atoms with Crippen LogP contribution in [0.15, 0.2) is 103 Å². The molecule has 5 aromatic carbocycles. The largest absolute Gasteiger partial charge is 0.492 e. The lowest BCUT2D eigenvalue weighted by molar-refractivity contribution is -0.385. The SMILES string of the molecule is CCCCCCCCCCCCCCCCOc1ccc(/C=C/c2ccc(C(=O)Oc3cccc(OC(=O)c4ccc(/C=C/c5ccc(OCCCCCCCCCCCC)c([N+](=O)[O-])c5)cc4)c3C)cc2)cc1Cl. The van der Waals surface area contributed by atoms with Gasteiger partial charge in [0, 0.05) is 11.6 Å². The third-order valence-corrected chi connectivity index (χ3v) is 13.8. The van der Waals surface area contributed by atoms with Crippen molar-refractivity contribution in [1.29, 1.82) is 0 Å². The maximum absolute atomic E-state index is 13.2. The van der Waals surface area contributed by atoms with Crippen molar-refractivity contribution < 1.29 is 33.5 Å². The fourth-order valence-corrected chi connectivity index (χ4v) is 9.11. The molecule has 9 nitrogen and oxygen atoms in total. The zero-order valence-corrected chi connectivity index (χ0v) is 45.9. The normalized spacial score (nSPS) is 11.4. The quantitative estimate of drug-likeness (QED) is 0.00965. The molecular weight excluding hydrogens is 958 g/mol. The van der Waals surface area contributed by atoms with Crippen molar-refractivity contribution in [2.24, 2.45) is 0 Å². The zero-order chi connectivity index (χ0) is 53.3. The smallest absolute Gasteiger partial charge is 0.343 e. The Hall–Kier alpha value is -6.19. The summed E-state index contributed by atoms with van der Waals surface area (Å²) < 4.78 is 23.3. The van der Waals surface area contributed by atoms with E-state index in [1.807, 2.05) is 48.6 Å². The molecule has 0 saturated heterocycles. The molecule has 75 heavy (non-hydrogen) atoms. The van der Waals surface area contributed by atoms with Crippen molar-refractivity contribution in [3.8, 4) is 23.0 Å². The number of halogens is 1. The zero-order valence-electron chi connectivity index (χ0n) is 45.1. The van der Waals surface area contributed by atoms with E-state index in [0.717, 1.165) is 42.4 Å². The van der Waals surface area contributed by atoms with Crippen LogP contribution in [0.1, 0.15) is 216 Å². The second-order valence-corrected chi connectivity index (χ2v) is 20.1. The third kappa shape index (κ3) is 22.7. The summed E-state index contributed by atoms with van der Waals surface area (Å²) in [5.74, 6) is 0.370. The Bertz CT molecular complexity index is 2530. The van der Waals surface area contributed by atoms with Crippen LogP contribution in [0.5, 0.6) is 23.0 Å². The number of carbonyl (C=O) groups excluding carboxylic acids is 2. The molecule has 0 fully saturated rings. The van der Waals surface area contributed by atoms with Gasteiger partial charge < -0.3 is 18.9 Å². The van der Waals surface area contributed by atoms with Gasteiger partial charge in [-0.25, -0.2) is 9.59 Å². The van der Waals surface area contributed by atoms with Crippen LogP contribution in [0.25, 0.3) is 24.3 Å². The second kappa shape index (κ2) is 35.1. The monoisotopic (exact) mass is 1040 g/mol. The van der Waals surface area contributed by atoms with Crippen molar-refractivity contribution >= 4 is 53.5 Å². The Balaban J connectivity index is 1.01. The van der Waals surface area contributed by atoms with Crippen LogP contribution in [0, 0.1) is 17.0 Å². The van der Waals surface area contributed by atoms with Crippen molar-refractivity contribution in [2.45, 2.75) is 175 Å². The summed E-state index contributed by atoms with van der Waals surface area (Å²) in [6.07, 6.45) is 38.1. The first-order chi connectivity index (χ1) is 36.6. The van der Waals surface area contributed by atoms with Gasteiger partial charge in [0.15, 0.2) is 5.75 Å². The molecule has 0 spiro atoms. The average Bonchev–Trinajstić information content (AvgIpc) is 3.42. The number of unbranched alkanes of at least 4 members (excludes halogenated alkanes) is 22. The molecule has 0 atom stereocenters. The highest BCUT2D eigenvalue weighted by Gasteiger charge is 2.18. The molecule has 0 bridgehead atoms. The second-order valence-electron chi connectivity index (χ2n) is 19.7. The van der Waals surface area contributed by atoms with E-state index < -0.39 is 16.9 Å². The van der Waals surface area contributed by atoms with E-state index in [2.05, 4.69) is 13.8 Å². The van der Waals surface area contributed by atoms with E-state index in [9.17, 15) is 19.7 Å². The summed E-state index contributed by atoms with van der Waals surface area (Å²) in [4.78, 5) is 37.9. The molecule has 0 N–H and O–H groups in total. The maximum atomic E-state index is 13.2. The molecule has 5 aromatic rings. The lowest BCUT2D eigenvalue weighted by Gasteiger charge is -2.12. The molecular formula is C65H82ClNO8. The summed E-state index contributed by atoms with van der Waals surface area (Å²) in [5, 5.41) is 12.5. The van der Waals surface area contributed by atoms with Gasteiger partial charge in [0.25, 0.3) is 0 Å². The molecule has 10 heteroatoms. The van der Waals surface area contributed by atoms with Crippen LogP contribution in [0.3, 0.4) is 0 Å². The topological polar surface area (TPSA) is 114 Å². The molecule has 0 aliphatic carbocycles. The molecule has 5 rings (SSSR count). The maximum Gasteiger partial charge on any atom is 0.343 e. The van der Waals surface area contributed by atoms with Crippen molar-refractivity contribution in [3.05, 3.63) is 157 Å². The number of nitrogens with zero attached hydrogens (tertiary/aromatic N) is 1. The van der Waals surface area contributed by atoms with Gasteiger partial charge in [-0.15, -0.1) is 0 Å². The minimum atomic E-state index is -0.577. The summed E-state index contributed by atoms with van der Waals surface area (Å²) in [6.45, 7) is 7.33. The number of hydrogen-bond acceptors (Lipinski definition) is 8. The van der Waals surface area contributed by atoms with Crippen LogP contribution >= 0.6 is 11.6 Å². The Morgan fingerprint density at radius 1 is 0.453 bits per heavy atom. The van der Waals surface area contributed by atoms with Crippen LogP contribution < -0.4 is 18.9 Å². The first-order valence-corrected chi connectivity index (χ1v) is 28.5. The van der Waals surface area contributed by atoms with E-state index in [-0.39, 0.29) is 22.9 Å². The van der Waals surface area contributed by atoms with Gasteiger partial charge in [0.05, 0.1) is 34.3 Å². The van der Waals surface area contributed by atoms with Crippen LogP contribution in [-0.2, 0) is 0 Å². The third-order valence-electron chi connectivity index (χ3n) is 13.5. The molecule has 0 aliphatic heterocycles. The van der Waals surface area contributed by atoms with Gasteiger partial charge in [0.2, 0.25) is 0 Å². The highest BCUT2D eigenvalue weighted by atomic mass is 35.5. The van der Waals surface area contributed by atoms with Gasteiger partial charge in [0.1, 0.15) is 17.2 Å². The Morgan fingerprint density at radius 2 is 0.800 bits per heavy atom. The predicted molar refractivity (Wildman–Crippen MR) is 310 cm³/mol. The van der Waals surface area contributed by atoms with Gasteiger partial charge in [-0.1, -0.05) is 233 Å². The van der Waals surface area contributed by atoms with Crippen LogP contribution in [-0.4, -0.2) is 30.1 Å². The van der Waals surface area contributed by atoms with E-state index >= 15 is 0 Å². The van der Waals surface area contributed by atoms with Crippen molar-refractivity contribution in [1.82, 2.24) is 0 Å². The molecule has 402 valence electrons. The molecule has 0 aromatic heterocycles. The first kappa shape index (κ1) is 59.7. The first-order valence-electron chi connectivity index (χ1n) is 28.1. The number of nitro benzene ring substituents is 1. The van der Waals surface area contributed by atoms with E-state index in [4.69, 9.17) is 30.5 Å². The lowest BCUT2D eigenvalue weighted by Crippen LogP contribution is -2.12. The summed E-state index contributed by atoms with van der Waals surface area (Å²) in [6, 6.07) is 29.6. The predicted octanol–water partition coefficient (Wildman–Crippen LogP) is 19.5. The Labute approximate surface area is 453 Å². The average molecular weight is 1040 g/mol. The highest BCUT2D eigenvalue weighted by Crippen LogP contribution is 2.32. The fraction of sp³-hybridized carbons (Fsp3) is 0.446. The van der Waals surface area contributed by atoms with Crippen molar-refractivity contribution in [3.63, 3.8) is 0 Å². The molecule has 0 radical (unpaired) electrons. The molecule has 0 amide bonds. The number of ether oxygens (including phenoxy) is 4. The lowest BCUT2D eigenvalue weighted by atomic mass is 10.0. The van der Waals surface area contributed by atoms with Gasteiger partial charge in [-0.05, 0) is 96.6 Å². The van der Waals surface area contributed by atoms with Crippen molar-refractivity contribution in [2.75, 3.05) is 13.2 Å². The Morgan fingerprint density at radius 3 is 1.20 bits per heavy atom. The molecule has 0 saturated carbocycles. The number of carbonyl (C=O) groups is 2. The molecule has 0 heterocycles. The number of benzene rings is 5. The van der Waals surface area contributed by atoms with Gasteiger partial charge >= 0.3 is 17.6 Å². The van der Waals surface area contributed by atoms with E-state index in [1.54, 1.807) is 79.7 Å². The molecule has 0 unspecified atom stereocenters. The van der Waals surface area contributed by atoms with E-state index in [1.165, 1.54) is 134 Å². The summed E-state index contributed by atoms with van der Waals surface area (Å²) in [7, 11) is 0. The molecule has 0 aliphatic rings. The van der Waals surface area contributed by atoms with Gasteiger partial charge in [-0.2, -0.15) is 0 Å². The Kier molecular flexibility index (Phi) is 28.0.